The summed E-state index contributed by atoms with van der Waals surface area (Å²) in [7, 11) is 0. The smallest absolute Gasteiger partial charge is 0.160 e. The largest absolute Gasteiger partial charge is 0.457 e. The van der Waals surface area contributed by atoms with Gasteiger partial charge in [0.2, 0.25) is 0 Å². The minimum Gasteiger partial charge on any atom is -0.457 e. The zero-order valence-electron chi connectivity index (χ0n) is 34.7. The van der Waals surface area contributed by atoms with Crippen molar-refractivity contribution in [2.45, 2.75) is 11.5 Å². The Bertz CT molecular complexity index is 3330. The van der Waals surface area contributed by atoms with Crippen molar-refractivity contribution in [3.8, 4) is 78.8 Å². The van der Waals surface area contributed by atoms with E-state index in [1.807, 2.05) is 24.3 Å². The van der Waals surface area contributed by atoms with Crippen molar-refractivity contribution in [1.29, 1.82) is 0 Å². The Balaban J connectivity index is 0.971. The standard InChI is InChI=1S/C60H39N3O/c1-4-16-39(17-5-1)54-37-55(63-59(62-54)42-20-8-3-9-21-42)40-30-28-38(29-31-40)43-32-33-53-47(34-43)45-36-52-46(35-48(45)58(61-53)41-18-6-2-7-19-41)44-22-10-11-23-49(44)60(52)50-24-12-14-26-56(50)64-57-27-15-13-25-51(57)60/h1-37,58,61H. The number of anilines is 1. The highest BCUT2D eigenvalue weighted by Crippen LogP contribution is 2.63. The number of ether oxygens (including phenoxy) is 1. The molecule has 0 fully saturated rings. The molecule has 9 aromatic carbocycles. The van der Waals surface area contributed by atoms with Crippen LogP contribution in [0.1, 0.15) is 39.4 Å². The molecule has 1 aliphatic carbocycles. The molecule has 4 heteroatoms. The summed E-state index contributed by atoms with van der Waals surface area (Å²) in [4.78, 5) is 10.1. The number of para-hydroxylation sites is 2. The highest BCUT2D eigenvalue weighted by molar-refractivity contribution is 5.95. The lowest BCUT2D eigenvalue weighted by Crippen LogP contribution is -2.32. The van der Waals surface area contributed by atoms with Crippen LogP contribution in [0.25, 0.3) is 67.3 Å². The predicted octanol–water partition coefficient (Wildman–Crippen LogP) is 14.8. The first kappa shape index (κ1) is 36.3. The summed E-state index contributed by atoms with van der Waals surface area (Å²) in [5.41, 5.74) is 20.0. The van der Waals surface area contributed by atoms with Gasteiger partial charge in [-0.3, -0.25) is 0 Å². The fourth-order valence-corrected chi connectivity index (χ4v) is 10.5. The third-order valence-corrected chi connectivity index (χ3v) is 13.4. The van der Waals surface area contributed by atoms with Gasteiger partial charge >= 0.3 is 0 Å². The average molecular weight is 818 g/mol. The Morgan fingerprint density at radius 1 is 0.375 bits per heavy atom. The fraction of sp³-hybridized carbons (Fsp3) is 0.0333. The summed E-state index contributed by atoms with van der Waals surface area (Å²) in [6, 6.07) is 80.3. The summed E-state index contributed by atoms with van der Waals surface area (Å²) in [6.07, 6.45) is 0. The van der Waals surface area contributed by atoms with E-state index in [1.54, 1.807) is 0 Å². The third kappa shape index (κ3) is 5.56. The van der Waals surface area contributed by atoms with Crippen LogP contribution in [0.4, 0.5) is 5.69 Å². The number of aromatic nitrogens is 2. The van der Waals surface area contributed by atoms with Gasteiger partial charge in [0, 0.05) is 39.1 Å². The van der Waals surface area contributed by atoms with E-state index in [1.165, 1.54) is 44.5 Å². The van der Waals surface area contributed by atoms with E-state index in [2.05, 4.69) is 206 Å². The second-order valence-corrected chi connectivity index (χ2v) is 16.9. The Hall–Kier alpha value is -8.34. The van der Waals surface area contributed by atoms with Gasteiger partial charge in [0.25, 0.3) is 0 Å². The summed E-state index contributed by atoms with van der Waals surface area (Å²) in [5.74, 6) is 2.50. The molecule has 1 spiro atoms. The number of hydrogen-bond donors (Lipinski definition) is 1. The first-order valence-corrected chi connectivity index (χ1v) is 21.9. The SMILES string of the molecule is c1ccc(-c2cc(-c3ccc(-c4ccc5c(c4)-c4cc6c(cc4C(c4ccccc4)N5)-c4ccccc4C64c5ccccc5Oc5ccccc54)cc3)nc(-c3ccccc3)n2)cc1. The maximum atomic E-state index is 6.67. The first-order chi connectivity index (χ1) is 31.7. The van der Waals surface area contributed by atoms with E-state index in [4.69, 9.17) is 14.7 Å². The van der Waals surface area contributed by atoms with Crippen molar-refractivity contribution in [1.82, 2.24) is 9.97 Å². The van der Waals surface area contributed by atoms with Gasteiger partial charge in [0.05, 0.1) is 22.8 Å². The van der Waals surface area contributed by atoms with Gasteiger partial charge in [-0.05, 0) is 92.5 Å². The molecule has 1 atom stereocenters. The molecule has 4 nitrogen and oxygen atoms in total. The lowest BCUT2D eigenvalue weighted by atomic mass is 9.65. The summed E-state index contributed by atoms with van der Waals surface area (Å²) >= 11 is 0. The molecular formula is C60H39N3O. The summed E-state index contributed by atoms with van der Waals surface area (Å²) < 4.78 is 6.67. The molecule has 0 radical (unpaired) electrons. The molecule has 3 aliphatic rings. The highest BCUT2D eigenvalue weighted by atomic mass is 16.5. The van der Waals surface area contributed by atoms with Crippen molar-refractivity contribution in [3.05, 3.63) is 258 Å². The van der Waals surface area contributed by atoms with Crippen molar-refractivity contribution >= 4 is 5.69 Å². The molecule has 300 valence electrons. The number of hydrogen-bond acceptors (Lipinski definition) is 4. The van der Waals surface area contributed by atoms with Crippen LogP contribution in [-0.2, 0) is 5.41 Å². The number of rotatable bonds is 5. The van der Waals surface area contributed by atoms with E-state index in [9.17, 15) is 0 Å². The third-order valence-electron chi connectivity index (χ3n) is 13.4. The van der Waals surface area contributed by atoms with Crippen LogP contribution in [0.3, 0.4) is 0 Å². The number of fused-ring (bicyclic) bond motifs is 12. The fourth-order valence-electron chi connectivity index (χ4n) is 10.5. The Morgan fingerprint density at radius 2 is 0.922 bits per heavy atom. The van der Waals surface area contributed by atoms with Gasteiger partial charge in [-0.1, -0.05) is 182 Å². The van der Waals surface area contributed by atoms with Gasteiger partial charge in [-0.15, -0.1) is 0 Å². The molecule has 0 saturated heterocycles. The van der Waals surface area contributed by atoms with E-state index in [0.29, 0.717) is 5.82 Å². The topological polar surface area (TPSA) is 47.0 Å². The minimum absolute atomic E-state index is 0.0356. The van der Waals surface area contributed by atoms with Gasteiger partial charge in [0.1, 0.15) is 11.5 Å². The second kappa shape index (κ2) is 14.4. The van der Waals surface area contributed by atoms with E-state index in [0.717, 1.165) is 67.5 Å². The summed E-state index contributed by atoms with van der Waals surface area (Å²) in [5, 5.41) is 4.00. The number of nitrogens with zero attached hydrogens (tertiary/aromatic N) is 2. The van der Waals surface area contributed by atoms with Crippen molar-refractivity contribution in [2.24, 2.45) is 0 Å². The Kier molecular flexibility index (Phi) is 8.16. The Labute approximate surface area is 372 Å². The normalized spacial score (nSPS) is 14.5. The van der Waals surface area contributed by atoms with Gasteiger partial charge in [0.15, 0.2) is 5.82 Å². The zero-order valence-corrected chi connectivity index (χ0v) is 34.7. The van der Waals surface area contributed by atoms with Gasteiger partial charge in [-0.2, -0.15) is 0 Å². The van der Waals surface area contributed by atoms with Gasteiger partial charge in [-0.25, -0.2) is 9.97 Å². The van der Waals surface area contributed by atoms with Crippen LogP contribution in [0.5, 0.6) is 11.5 Å². The van der Waals surface area contributed by atoms with Crippen LogP contribution in [0.2, 0.25) is 0 Å². The van der Waals surface area contributed by atoms with Crippen LogP contribution < -0.4 is 10.1 Å². The molecule has 64 heavy (non-hydrogen) atoms. The molecule has 13 rings (SSSR count). The molecular weight excluding hydrogens is 779 g/mol. The molecule has 3 heterocycles. The number of nitrogens with one attached hydrogen (secondary N) is 1. The molecule has 1 unspecified atom stereocenters. The van der Waals surface area contributed by atoms with Crippen molar-refractivity contribution in [3.63, 3.8) is 0 Å². The first-order valence-electron chi connectivity index (χ1n) is 21.9. The van der Waals surface area contributed by atoms with Crippen LogP contribution in [0, 0.1) is 0 Å². The van der Waals surface area contributed by atoms with E-state index < -0.39 is 5.41 Å². The van der Waals surface area contributed by atoms with Crippen LogP contribution in [0.15, 0.2) is 224 Å². The maximum Gasteiger partial charge on any atom is 0.160 e. The quantitative estimate of drug-likeness (QED) is 0.188. The lowest BCUT2D eigenvalue weighted by molar-refractivity contribution is 0.436. The molecule has 1 N–H and O–H groups in total. The van der Waals surface area contributed by atoms with Crippen LogP contribution >= 0.6 is 0 Å². The molecule has 2 aliphatic heterocycles. The van der Waals surface area contributed by atoms with Gasteiger partial charge < -0.3 is 10.1 Å². The molecule has 0 bridgehead atoms. The minimum atomic E-state index is -0.561. The van der Waals surface area contributed by atoms with Crippen LogP contribution in [-0.4, -0.2) is 9.97 Å². The molecule has 10 aromatic rings. The van der Waals surface area contributed by atoms with E-state index in [-0.39, 0.29) is 6.04 Å². The molecule has 1 aromatic heterocycles. The zero-order chi connectivity index (χ0) is 42.2. The number of benzene rings is 9. The second-order valence-electron chi connectivity index (χ2n) is 16.9. The predicted molar refractivity (Wildman–Crippen MR) is 258 cm³/mol. The summed E-state index contributed by atoms with van der Waals surface area (Å²) in [6.45, 7) is 0. The average Bonchev–Trinajstić information content (AvgIpc) is 3.65. The van der Waals surface area contributed by atoms with Crippen molar-refractivity contribution < 1.29 is 4.74 Å². The highest BCUT2D eigenvalue weighted by Gasteiger charge is 2.51. The Morgan fingerprint density at radius 3 is 1.61 bits per heavy atom. The molecule has 0 amide bonds. The molecule has 0 saturated carbocycles. The van der Waals surface area contributed by atoms with Crippen molar-refractivity contribution in [2.75, 3.05) is 5.32 Å². The lowest BCUT2D eigenvalue weighted by Gasteiger charge is -2.40. The monoisotopic (exact) mass is 817 g/mol. The maximum absolute atomic E-state index is 6.67. The van der Waals surface area contributed by atoms with E-state index >= 15 is 0 Å².